The van der Waals surface area contributed by atoms with Gasteiger partial charge in [0.2, 0.25) is 11.8 Å². The van der Waals surface area contributed by atoms with Crippen LogP contribution >= 0.6 is 0 Å². The molecule has 0 aromatic heterocycles. The number of methoxy groups -OCH3 is 1. The molecule has 1 fully saturated rings. The molecule has 0 radical (unpaired) electrons. The summed E-state index contributed by atoms with van der Waals surface area (Å²) in [5, 5.41) is 0. The molecule has 1 aromatic rings. The SMILES string of the molecule is COCCN1C(=O)Cc2ccccc2[C@H]1C(=O)N1CCCC1. The first-order valence-corrected chi connectivity index (χ1v) is 7.87. The summed E-state index contributed by atoms with van der Waals surface area (Å²) in [6.07, 6.45) is 2.46. The van der Waals surface area contributed by atoms with Gasteiger partial charge in [-0.15, -0.1) is 0 Å². The lowest BCUT2D eigenvalue weighted by molar-refractivity contribution is -0.147. The van der Waals surface area contributed by atoms with E-state index in [1.165, 1.54) is 0 Å². The molecule has 1 atom stereocenters. The highest BCUT2D eigenvalue weighted by Gasteiger charge is 2.39. The zero-order valence-electron chi connectivity index (χ0n) is 13.0. The first kappa shape index (κ1) is 15.0. The molecule has 0 unspecified atom stereocenters. The maximum absolute atomic E-state index is 13.0. The zero-order chi connectivity index (χ0) is 15.5. The predicted molar refractivity (Wildman–Crippen MR) is 82.3 cm³/mol. The smallest absolute Gasteiger partial charge is 0.250 e. The molecule has 2 aliphatic rings. The predicted octanol–water partition coefficient (Wildman–Crippen LogP) is 1.38. The molecule has 5 nitrogen and oxygen atoms in total. The lowest BCUT2D eigenvalue weighted by atomic mass is 9.91. The van der Waals surface area contributed by atoms with Crippen molar-refractivity contribution in [3.05, 3.63) is 35.4 Å². The normalized spacial score (nSPS) is 21.1. The summed E-state index contributed by atoms with van der Waals surface area (Å²) in [4.78, 5) is 29.0. The van der Waals surface area contributed by atoms with Crippen LogP contribution in [-0.4, -0.2) is 55.0 Å². The van der Waals surface area contributed by atoms with Crippen molar-refractivity contribution in [2.45, 2.75) is 25.3 Å². The van der Waals surface area contributed by atoms with Gasteiger partial charge in [0.05, 0.1) is 13.0 Å². The minimum atomic E-state index is -0.495. The molecule has 2 heterocycles. The Kier molecular flexibility index (Phi) is 4.43. The van der Waals surface area contributed by atoms with Crippen molar-refractivity contribution in [1.29, 1.82) is 0 Å². The molecule has 1 aromatic carbocycles. The summed E-state index contributed by atoms with van der Waals surface area (Å²) in [6.45, 7) is 2.49. The largest absolute Gasteiger partial charge is 0.383 e. The van der Waals surface area contributed by atoms with Crippen molar-refractivity contribution in [2.24, 2.45) is 0 Å². The lowest BCUT2D eigenvalue weighted by Crippen LogP contribution is -2.49. The van der Waals surface area contributed by atoms with Crippen molar-refractivity contribution in [1.82, 2.24) is 9.80 Å². The quantitative estimate of drug-likeness (QED) is 0.844. The summed E-state index contributed by atoms with van der Waals surface area (Å²) in [5.74, 6) is 0.0578. The number of hydrogen-bond donors (Lipinski definition) is 0. The molecule has 5 heteroatoms. The number of amides is 2. The van der Waals surface area contributed by atoms with Gasteiger partial charge < -0.3 is 14.5 Å². The summed E-state index contributed by atoms with van der Waals surface area (Å²) >= 11 is 0. The highest BCUT2D eigenvalue weighted by molar-refractivity contribution is 5.92. The molecule has 118 valence electrons. The van der Waals surface area contributed by atoms with Gasteiger partial charge >= 0.3 is 0 Å². The van der Waals surface area contributed by atoms with E-state index in [1.54, 1.807) is 12.0 Å². The molecule has 0 aliphatic carbocycles. The number of ether oxygens (including phenoxy) is 1. The third-order valence-electron chi connectivity index (χ3n) is 4.51. The standard InChI is InChI=1S/C17H22N2O3/c1-22-11-10-19-15(20)12-13-6-2-3-7-14(13)16(19)17(21)18-8-4-5-9-18/h2-3,6-7,16H,4-5,8-12H2,1H3/t16-/m0/s1. The van der Waals surface area contributed by atoms with Crippen LogP contribution in [0.25, 0.3) is 0 Å². The second-order valence-corrected chi connectivity index (χ2v) is 5.89. The number of benzene rings is 1. The van der Waals surface area contributed by atoms with Crippen molar-refractivity contribution in [3.8, 4) is 0 Å². The van der Waals surface area contributed by atoms with Gasteiger partial charge in [0.1, 0.15) is 6.04 Å². The van der Waals surface area contributed by atoms with E-state index in [0.717, 1.165) is 37.1 Å². The van der Waals surface area contributed by atoms with E-state index in [2.05, 4.69) is 0 Å². The number of likely N-dealkylation sites (tertiary alicyclic amines) is 1. The minimum absolute atomic E-state index is 0.00768. The molecule has 2 aliphatic heterocycles. The average molecular weight is 302 g/mol. The van der Waals surface area contributed by atoms with Gasteiger partial charge in [-0.2, -0.15) is 0 Å². The fourth-order valence-corrected chi connectivity index (χ4v) is 3.36. The van der Waals surface area contributed by atoms with Crippen molar-refractivity contribution in [2.75, 3.05) is 33.4 Å². The third-order valence-corrected chi connectivity index (χ3v) is 4.51. The molecule has 1 saturated heterocycles. The summed E-state index contributed by atoms with van der Waals surface area (Å²) in [7, 11) is 1.61. The molecule has 22 heavy (non-hydrogen) atoms. The Morgan fingerprint density at radius 2 is 2.00 bits per heavy atom. The Hall–Kier alpha value is -1.88. The van der Waals surface area contributed by atoms with Crippen LogP contribution in [0.5, 0.6) is 0 Å². The van der Waals surface area contributed by atoms with Crippen LogP contribution in [0.3, 0.4) is 0 Å². The van der Waals surface area contributed by atoms with Crippen LogP contribution in [0.2, 0.25) is 0 Å². The Balaban J connectivity index is 1.95. The van der Waals surface area contributed by atoms with Crippen molar-refractivity contribution < 1.29 is 14.3 Å². The fourth-order valence-electron chi connectivity index (χ4n) is 3.36. The number of fused-ring (bicyclic) bond motifs is 1. The second kappa shape index (κ2) is 6.48. The van der Waals surface area contributed by atoms with Gasteiger partial charge in [-0.1, -0.05) is 24.3 Å². The van der Waals surface area contributed by atoms with E-state index >= 15 is 0 Å². The number of hydrogen-bond acceptors (Lipinski definition) is 3. The summed E-state index contributed by atoms with van der Waals surface area (Å²) < 4.78 is 5.12. The van der Waals surface area contributed by atoms with Gasteiger partial charge in [-0.3, -0.25) is 9.59 Å². The molecular weight excluding hydrogens is 280 g/mol. The monoisotopic (exact) mass is 302 g/mol. The Bertz CT molecular complexity index is 567. The van der Waals surface area contributed by atoms with Gasteiger partial charge in [-0.25, -0.2) is 0 Å². The first-order chi connectivity index (χ1) is 10.7. The van der Waals surface area contributed by atoms with Gasteiger partial charge in [0, 0.05) is 26.7 Å². The number of nitrogens with zero attached hydrogens (tertiary/aromatic N) is 2. The lowest BCUT2D eigenvalue weighted by Gasteiger charge is -2.38. The summed E-state index contributed by atoms with van der Waals surface area (Å²) in [5.41, 5.74) is 1.94. The highest BCUT2D eigenvalue weighted by Crippen LogP contribution is 2.32. The first-order valence-electron chi connectivity index (χ1n) is 7.87. The van der Waals surface area contributed by atoms with Crippen molar-refractivity contribution in [3.63, 3.8) is 0 Å². The van der Waals surface area contributed by atoms with Crippen LogP contribution in [0.4, 0.5) is 0 Å². The molecule has 0 saturated carbocycles. The molecular formula is C17H22N2O3. The molecule has 2 amide bonds. The van der Waals surface area contributed by atoms with Gasteiger partial charge in [-0.05, 0) is 24.0 Å². The van der Waals surface area contributed by atoms with Crippen LogP contribution in [0, 0.1) is 0 Å². The van der Waals surface area contributed by atoms with Gasteiger partial charge in [0.25, 0.3) is 0 Å². The molecule has 0 N–H and O–H groups in total. The Morgan fingerprint density at radius 1 is 1.27 bits per heavy atom. The van der Waals surface area contributed by atoms with E-state index < -0.39 is 6.04 Å². The number of carbonyl (C=O) groups excluding carboxylic acids is 2. The average Bonchev–Trinajstić information content (AvgIpc) is 3.06. The zero-order valence-corrected chi connectivity index (χ0v) is 13.0. The van der Waals surface area contributed by atoms with E-state index in [0.29, 0.717) is 19.6 Å². The Labute approximate surface area is 130 Å². The molecule has 3 rings (SSSR count). The summed E-state index contributed by atoms with van der Waals surface area (Å²) in [6, 6.07) is 7.29. The maximum Gasteiger partial charge on any atom is 0.250 e. The Morgan fingerprint density at radius 3 is 2.73 bits per heavy atom. The highest BCUT2D eigenvalue weighted by atomic mass is 16.5. The van der Waals surface area contributed by atoms with E-state index in [9.17, 15) is 9.59 Å². The van der Waals surface area contributed by atoms with E-state index in [-0.39, 0.29) is 11.8 Å². The number of carbonyl (C=O) groups is 2. The second-order valence-electron chi connectivity index (χ2n) is 5.89. The third kappa shape index (κ3) is 2.73. The minimum Gasteiger partial charge on any atom is -0.383 e. The van der Waals surface area contributed by atoms with Crippen LogP contribution < -0.4 is 0 Å². The van der Waals surface area contributed by atoms with Crippen LogP contribution in [0.15, 0.2) is 24.3 Å². The van der Waals surface area contributed by atoms with E-state index in [4.69, 9.17) is 4.74 Å². The van der Waals surface area contributed by atoms with E-state index in [1.807, 2.05) is 29.2 Å². The number of rotatable bonds is 4. The molecule has 0 bridgehead atoms. The maximum atomic E-state index is 13.0. The van der Waals surface area contributed by atoms with Crippen LogP contribution in [0.1, 0.15) is 30.0 Å². The molecule has 0 spiro atoms. The van der Waals surface area contributed by atoms with Crippen LogP contribution in [-0.2, 0) is 20.7 Å². The topological polar surface area (TPSA) is 49.9 Å². The van der Waals surface area contributed by atoms with Gasteiger partial charge in [0.15, 0.2) is 0 Å². The van der Waals surface area contributed by atoms with Crippen molar-refractivity contribution >= 4 is 11.8 Å². The fraction of sp³-hybridized carbons (Fsp3) is 0.529.